The van der Waals surface area contributed by atoms with Gasteiger partial charge in [-0.15, -0.1) is 0 Å². The van der Waals surface area contributed by atoms with E-state index in [0.717, 1.165) is 15.6 Å². The Morgan fingerprint density at radius 2 is 2.09 bits per heavy atom. The monoisotopic (exact) mass is 264 g/mol. The van der Waals surface area contributed by atoms with Crippen LogP contribution in [0.15, 0.2) is 12.1 Å². The maximum atomic E-state index is 12.8. The standard InChI is InChI=1S/C9H10FI/c1-3-7-4-8(10)5-9(11)6(7)2/h4-5H,3H2,1-2H3. The molecule has 0 radical (unpaired) electrons. The van der Waals surface area contributed by atoms with Crippen LogP contribution in [0.5, 0.6) is 0 Å². The van der Waals surface area contributed by atoms with Crippen LogP contribution >= 0.6 is 22.6 Å². The third kappa shape index (κ3) is 1.92. The topological polar surface area (TPSA) is 0 Å². The summed E-state index contributed by atoms with van der Waals surface area (Å²) in [4.78, 5) is 0. The van der Waals surface area contributed by atoms with Crippen LogP contribution in [0.25, 0.3) is 0 Å². The summed E-state index contributed by atoms with van der Waals surface area (Å²) in [5, 5.41) is 0. The van der Waals surface area contributed by atoms with E-state index < -0.39 is 0 Å². The first kappa shape index (κ1) is 8.97. The summed E-state index contributed by atoms with van der Waals surface area (Å²) in [6.07, 6.45) is 0.902. The molecular formula is C9H10FI. The van der Waals surface area contributed by atoms with Crippen LogP contribution in [0, 0.1) is 16.3 Å². The predicted octanol–water partition coefficient (Wildman–Crippen LogP) is 3.30. The van der Waals surface area contributed by atoms with E-state index in [4.69, 9.17) is 0 Å². The zero-order valence-electron chi connectivity index (χ0n) is 6.62. The second kappa shape index (κ2) is 3.52. The summed E-state index contributed by atoms with van der Waals surface area (Å²) in [7, 11) is 0. The van der Waals surface area contributed by atoms with Crippen molar-refractivity contribution in [3.63, 3.8) is 0 Å². The third-order valence-corrected chi connectivity index (χ3v) is 2.92. The fraction of sp³-hybridized carbons (Fsp3) is 0.333. The quantitative estimate of drug-likeness (QED) is 0.683. The smallest absolute Gasteiger partial charge is 0.124 e. The van der Waals surface area contributed by atoms with Crippen molar-refractivity contribution in [2.45, 2.75) is 20.3 Å². The van der Waals surface area contributed by atoms with Gasteiger partial charge in [0.05, 0.1) is 0 Å². The molecule has 60 valence electrons. The number of halogens is 2. The molecule has 1 aromatic rings. The molecule has 0 N–H and O–H groups in total. The van der Waals surface area contributed by atoms with Gasteiger partial charge in [0.25, 0.3) is 0 Å². The maximum Gasteiger partial charge on any atom is 0.124 e. The minimum Gasteiger partial charge on any atom is -0.207 e. The van der Waals surface area contributed by atoms with E-state index in [9.17, 15) is 4.39 Å². The normalized spacial score (nSPS) is 10.2. The lowest BCUT2D eigenvalue weighted by molar-refractivity contribution is 0.624. The zero-order chi connectivity index (χ0) is 8.43. The van der Waals surface area contributed by atoms with E-state index in [2.05, 4.69) is 22.6 Å². The molecule has 0 saturated heterocycles. The van der Waals surface area contributed by atoms with Gasteiger partial charge in [0.1, 0.15) is 5.82 Å². The van der Waals surface area contributed by atoms with Gasteiger partial charge in [-0.25, -0.2) is 4.39 Å². The third-order valence-electron chi connectivity index (χ3n) is 1.80. The van der Waals surface area contributed by atoms with Crippen molar-refractivity contribution >= 4 is 22.6 Å². The van der Waals surface area contributed by atoms with Crippen LogP contribution in [0.4, 0.5) is 4.39 Å². The molecule has 0 heterocycles. The summed E-state index contributed by atoms with van der Waals surface area (Å²) >= 11 is 2.16. The van der Waals surface area contributed by atoms with E-state index in [1.54, 1.807) is 12.1 Å². The number of aryl methyl sites for hydroxylation is 1. The predicted molar refractivity (Wildman–Crippen MR) is 53.2 cm³/mol. The van der Waals surface area contributed by atoms with Gasteiger partial charge in [0.15, 0.2) is 0 Å². The minimum absolute atomic E-state index is 0.128. The molecule has 1 aromatic carbocycles. The van der Waals surface area contributed by atoms with E-state index in [1.165, 1.54) is 5.56 Å². The molecule has 11 heavy (non-hydrogen) atoms. The van der Waals surface area contributed by atoms with E-state index in [1.807, 2.05) is 13.8 Å². The molecule has 0 unspecified atom stereocenters. The lowest BCUT2D eigenvalue weighted by Gasteiger charge is -2.04. The van der Waals surface area contributed by atoms with Crippen LogP contribution in [-0.2, 0) is 6.42 Å². The van der Waals surface area contributed by atoms with Crippen molar-refractivity contribution in [2.24, 2.45) is 0 Å². The van der Waals surface area contributed by atoms with Gasteiger partial charge in [-0.3, -0.25) is 0 Å². The van der Waals surface area contributed by atoms with Gasteiger partial charge >= 0.3 is 0 Å². The largest absolute Gasteiger partial charge is 0.207 e. The van der Waals surface area contributed by atoms with Crippen LogP contribution in [0.2, 0.25) is 0 Å². The Morgan fingerprint density at radius 3 is 2.64 bits per heavy atom. The molecule has 2 heteroatoms. The molecule has 0 fully saturated rings. The van der Waals surface area contributed by atoms with Gasteiger partial charge in [0.2, 0.25) is 0 Å². The van der Waals surface area contributed by atoms with E-state index in [0.29, 0.717) is 0 Å². The molecule has 0 saturated carbocycles. The molecule has 0 aromatic heterocycles. The molecule has 0 aliphatic rings. The molecule has 0 atom stereocenters. The highest BCUT2D eigenvalue weighted by molar-refractivity contribution is 14.1. The van der Waals surface area contributed by atoms with Gasteiger partial charge in [-0.05, 0) is 59.2 Å². The number of hydrogen-bond acceptors (Lipinski definition) is 0. The highest BCUT2D eigenvalue weighted by Gasteiger charge is 2.02. The Hall–Kier alpha value is -0.120. The molecule has 0 amide bonds. The zero-order valence-corrected chi connectivity index (χ0v) is 8.78. The van der Waals surface area contributed by atoms with Crippen molar-refractivity contribution in [1.82, 2.24) is 0 Å². The van der Waals surface area contributed by atoms with Crippen LogP contribution < -0.4 is 0 Å². The van der Waals surface area contributed by atoms with Crippen molar-refractivity contribution in [3.05, 3.63) is 32.6 Å². The maximum absolute atomic E-state index is 12.8. The second-order valence-corrected chi connectivity index (χ2v) is 3.69. The lowest BCUT2D eigenvalue weighted by atomic mass is 10.1. The van der Waals surface area contributed by atoms with Gasteiger partial charge in [0, 0.05) is 3.57 Å². The van der Waals surface area contributed by atoms with E-state index >= 15 is 0 Å². The number of benzene rings is 1. The highest BCUT2D eigenvalue weighted by atomic mass is 127. The highest BCUT2D eigenvalue weighted by Crippen LogP contribution is 2.18. The van der Waals surface area contributed by atoms with Gasteiger partial charge in [-0.1, -0.05) is 6.92 Å². The Bertz CT molecular complexity index is 269. The van der Waals surface area contributed by atoms with Crippen molar-refractivity contribution in [2.75, 3.05) is 0 Å². The van der Waals surface area contributed by atoms with Gasteiger partial charge < -0.3 is 0 Å². The first-order valence-corrected chi connectivity index (χ1v) is 4.67. The lowest BCUT2D eigenvalue weighted by Crippen LogP contribution is -1.91. The number of rotatable bonds is 1. The molecule has 0 bridgehead atoms. The minimum atomic E-state index is -0.128. The first-order chi connectivity index (χ1) is 5.15. The van der Waals surface area contributed by atoms with Gasteiger partial charge in [-0.2, -0.15) is 0 Å². The van der Waals surface area contributed by atoms with Crippen LogP contribution in [-0.4, -0.2) is 0 Å². The van der Waals surface area contributed by atoms with Crippen LogP contribution in [0.1, 0.15) is 18.1 Å². The Labute approximate surface area is 80.0 Å². The molecule has 0 aliphatic heterocycles. The van der Waals surface area contributed by atoms with E-state index in [-0.39, 0.29) is 5.82 Å². The van der Waals surface area contributed by atoms with Crippen molar-refractivity contribution in [3.8, 4) is 0 Å². The van der Waals surface area contributed by atoms with Crippen molar-refractivity contribution < 1.29 is 4.39 Å². The average Bonchev–Trinajstić information content (AvgIpc) is 1.96. The summed E-state index contributed by atoms with van der Waals surface area (Å²) in [5.41, 5.74) is 2.31. The van der Waals surface area contributed by atoms with Crippen LogP contribution in [0.3, 0.4) is 0 Å². The SMILES string of the molecule is CCc1cc(F)cc(I)c1C. The van der Waals surface area contributed by atoms with Crippen molar-refractivity contribution in [1.29, 1.82) is 0 Å². The Kier molecular flexibility index (Phi) is 2.87. The molecule has 1 rings (SSSR count). The summed E-state index contributed by atoms with van der Waals surface area (Å²) in [6, 6.07) is 3.17. The first-order valence-electron chi connectivity index (χ1n) is 3.59. The summed E-state index contributed by atoms with van der Waals surface area (Å²) in [5.74, 6) is -0.128. The summed E-state index contributed by atoms with van der Waals surface area (Å²) < 4.78 is 13.8. The molecule has 0 aliphatic carbocycles. The number of hydrogen-bond donors (Lipinski definition) is 0. The Morgan fingerprint density at radius 1 is 1.45 bits per heavy atom. The molecule has 0 spiro atoms. The average molecular weight is 264 g/mol. The fourth-order valence-corrected chi connectivity index (χ4v) is 1.71. The molecule has 0 nitrogen and oxygen atoms in total. The fourth-order valence-electron chi connectivity index (χ4n) is 1.07. The molecular weight excluding hydrogens is 254 g/mol. The summed E-state index contributed by atoms with van der Waals surface area (Å²) in [6.45, 7) is 4.07. The Balaban J connectivity index is 3.24. The second-order valence-electron chi connectivity index (χ2n) is 2.53.